The number of carbonyl (C=O) groups excluding carboxylic acids is 1. The first-order chi connectivity index (χ1) is 13.0. The summed E-state index contributed by atoms with van der Waals surface area (Å²) in [4.78, 5) is 31.1. The summed E-state index contributed by atoms with van der Waals surface area (Å²) in [6.07, 6.45) is 1.67. The van der Waals surface area contributed by atoms with Gasteiger partial charge in [0.1, 0.15) is 12.3 Å². The van der Waals surface area contributed by atoms with Gasteiger partial charge in [0.25, 0.3) is 5.56 Å². The van der Waals surface area contributed by atoms with Gasteiger partial charge in [-0.1, -0.05) is 6.07 Å². The number of hydrogen-bond acceptors (Lipinski definition) is 5. The van der Waals surface area contributed by atoms with E-state index in [9.17, 15) is 9.59 Å². The molecule has 0 saturated carbocycles. The average Bonchev–Trinajstić information content (AvgIpc) is 2.68. The maximum Gasteiger partial charge on any atom is 0.338 e. The number of hydrogen-bond donors (Lipinski definition) is 0. The van der Waals surface area contributed by atoms with E-state index in [1.54, 1.807) is 24.4 Å². The zero-order valence-electron chi connectivity index (χ0n) is 15.8. The van der Waals surface area contributed by atoms with Gasteiger partial charge in [-0.3, -0.25) is 9.20 Å². The normalized spacial score (nSPS) is 10.8. The van der Waals surface area contributed by atoms with Crippen LogP contribution in [0.25, 0.3) is 5.65 Å². The second-order valence-corrected chi connectivity index (χ2v) is 6.27. The van der Waals surface area contributed by atoms with E-state index >= 15 is 0 Å². The van der Waals surface area contributed by atoms with Gasteiger partial charge in [-0.05, 0) is 56.7 Å². The number of aryl methyl sites for hydroxylation is 1. The molecule has 6 nitrogen and oxygen atoms in total. The SMILES string of the molecule is CCN(CC)c1ccc(C(=O)OCc2cc(=O)n3cccc(C)c3n2)cc1. The smallest absolute Gasteiger partial charge is 0.338 e. The van der Waals surface area contributed by atoms with Crippen molar-refractivity contribution in [2.24, 2.45) is 0 Å². The lowest BCUT2D eigenvalue weighted by Gasteiger charge is -2.20. The van der Waals surface area contributed by atoms with Crippen molar-refractivity contribution >= 4 is 17.3 Å². The molecular formula is C21H23N3O3. The van der Waals surface area contributed by atoms with Crippen molar-refractivity contribution in [2.75, 3.05) is 18.0 Å². The molecule has 2 heterocycles. The lowest BCUT2D eigenvalue weighted by atomic mass is 10.2. The van der Waals surface area contributed by atoms with Gasteiger partial charge in [-0.25, -0.2) is 9.78 Å². The van der Waals surface area contributed by atoms with Crippen LogP contribution in [-0.4, -0.2) is 28.4 Å². The Bertz CT molecular complexity index is 1010. The number of ether oxygens (including phenoxy) is 1. The van der Waals surface area contributed by atoms with Gasteiger partial charge in [-0.2, -0.15) is 0 Å². The van der Waals surface area contributed by atoms with Crippen LogP contribution in [-0.2, 0) is 11.3 Å². The molecule has 27 heavy (non-hydrogen) atoms. The van der Waals surface area contributed by atoms with E-state index in [1.807, 2.05) is 25.1 Å². The molecule has 0 bridgehead atoms. The minimum absolute atomic E-state index is 0.0449. The van der Waals surface area contributed by atoms with Crippen LogP contribution in [0.2, 0.25) is 0 Å². The van der Waals surface area contributed by atoms with Crippen LogP contribution < -0.4 is 10.5 Å². The zero-order chi connectivity index (χ0) is 19.4. The molecule has 0 aliphatic heterocycles. The maximum absolute atomic E-state index is 12.3. The highest BCUT2D eigenvalue weighted by Gasteiger charge is 2.11. The van der Waals surface area contributed by atoms with Crippen LogP contribution in [0.5, 0.6) is 0 Å². The average molecular weight is 365 g/mol. The predicted molar refractivity (Wildman–Crippen MR) is 105 cm³/mol. The van der Waals surface area contributed by atoms with Crippen LogP contribution in [0, 0.1) is 6.92 Å². The standard InChI is InChI=1S/C21H23N3O3/c1-4-23(5-2)18-10-8-16(9-11-18)21(26)27-14-17-13-19(25)24-12-6-7-15(3)20(24)22-17/h6-13H,4-5,14H2,1-3H3. The highest BCUT2D eigenvalue weighted by Crippen LogP contribution is 2.16. The van der Waals surface area contributed by atoms with Gasteiger partial charge in [-0.15, -0.1) is 0 Å². The zero-order valence-corrected chi connectivity index (χ0v) is 15.8. The topological polar surface area (TPSA) is 63.9 Å². The van der Waals surface area contributed by atoms with Gasteiger partial charge in [0.15, 0.2) is 0 Å². The number of carbonyl (C=O) groups is 1. The van der Waals surface area contributed by atoms with Crippen LogP contribution >= 0.6 is 0 Å². The van der Waals surface area contributed by atoms with Crippen LogP contribution in [0.4, 0.5) is 5.69 Å². The second-order valence-electron chi connectivity index (χ2n) is 6.27. The van der Waals surface area contributed by atoms with E-state index in [0.29, 0.717) is 16.9 Å². The van der Waals surface area contributed by atoms with Crippen molar-refractivity contribution in [1.82, 2.24) is 9.38 Å². The predicted octanol–water partition coefficient (Wildman–Crippen LogP) is 3.21. The quantitative estimate of drug-likeness (QED) is 0.628. The molecule has 3 rings (SSSR count). The number of benzene rings is 1. The van der Waals surface area contributed by atoms with Gasteiger partial charge in [0.2, 0.25) is 0 Å². The Hall–Kier alpha value is -3.15. The fraction of sp³-hybridized carbons (Fsp3) is 0.286. The number of aromatic nitrogens is 2. The Kier molecular flexibility index (Phi) is 5.54. The Morgan fingerprint density at radius 1 is 1.15 bits per heavy atom. The molecule has 0 aliphatic rings. The van der Waals surface area contributed by atoms with E-state index in [0.717, 1.165) is 24.3 Å². The molecule has 0 radical (unpaired) electrons. The fourth-order valence-electron chi connectivity index (χ4n) is 3.00. The highest BCUT2D eigenvalue weighted by molar-refractivity contribution is 5.89. The van der Waals surface area contributed by atoms with Gasteiger partial charge >= 0.3 is 5.97 Å². The molecule has 0 spiro atoms. The number of rotatable bonds is 6. The third-order valence-electron chi connectivity index (χ3n) is 4.52. The molecule has 6 heteroatoms. The molecule has 0 amide bonds. The molecule has 0 N–H and O–H groups in total. The van der Waals surface area contributed by atoms with Crippen LogP contribution in [0.1, 0.15) is 35.5 Å². The molecule has 0 aliphatic carbocycles. The molecule has 1 aromatic carbocycles. The molecule has 0 saturated heterocycles. The summed E-state index contributed by atoms with van der Waals surface area (Å²) in [6, 6.07) is 12.4. The highest BCUT2D eigenvalue weighted by atomic mass is 16.5. The first-order valence-corrected chi connectivity index (χ1v) is 9.03. The Balaban J connectivity index is 1.73. The molecule has 140 valence electrons. The van der Waals surface area contributed by atoms with E-state index in [1.165, 1.54) is 10.5 Å². The summed E-state index contributed by atoms with van der Waals surface area (Å²) < 4.78 is 6.83. The number of fused-ring (bicyclic) bond motifs is 1. The van der Waals surface area contributed by atoms with Crippen molar-refractivity contribution in [3.63, 3.8) is 0 Å². The number of nitrogens with zero attached hydrogens (tertiary/aromatic N) is 3. The maximum atomic E-state index is 12.3. The third-order valence-corrected chi connectivity index (χ3v) is 4.52. The van der Waals surface area contributed by atoms with E-state index < -0.39 is 5.97 Å². The molecular weight excluding hydrogens is 342 g/mol. The third kappa shape index (κ3) is 4.00. The van der Waals surface area contributed by atoms with Crippen LogP contribution in [0.15, 0.2) is 53.5 Å². The number of anilines is 1. The minimum atomic E-state index is -0.437. The second kappa shape index (κ2) is 8.03. The molecule has 2 aromatic heterocycles. The largest absolute Gasteiger partial charge is 0.456 e. The summed E-state index contributed by atoms with van der Waals surface area (Å²) in [5, 5.41) is 0. The van der Waals surface area contributed by atoms with Crippen molar-refractivity contribution < 1.29 is 9.53 Å². The fourth-order valence-corrected chi connectivity index (χ4v) is 3.00. The van der Waals surface area contributed by atoms with Crippen molar-refractivity contribution in [2.45, 2.75) is 27.4 Å². The molecule has 0 atom stereocenters. The van der Waals surface area contributed by atoms with Crippen molar-refractivity contribution in [3.8, 4) is 0 Å². The van der Waals surface area contributed by atoms with E-state index in [4.69, 9.17) is 4.74 Å². The van der Waals surface area contributed by atoms with Gasteiger partial charge < -0.3 is 9.64 Å². The Morgan fingerprint density at radius 2 is 1.85 bits per heavy atom. The lowest BCUT2D eigenvalue weighted by molar-refractivity contribution is 0.0467. The first-order valence-electron chi connectivity index (χ1n) is 9.03. The number of pyridine rings is 1. The Labute approximate surface area is 158 Å². The molecule has 0 unspecified atom stereocenters. The van der Waals surface area contributed by atoms with Crippen LogP contribution in [0.3, 0.4) is 0 Å². The van der Waals surface area contributed by atoms with Gasteiger partial charge in [0, 0.05) is 31.0 Å². The summed E-state index contributed by atoms with van der Waals surface area (Å²) in [5.74, 6) is -0.437. The molecule has 3 aromatic rings. The van der Waals surface area contributed by atoms with E-state index in [-0.39, 0.29) is 12.2 Å². The summed E-state index contributed by atoms with van der Waals surface area (Å²) in [7, 11) is 0. The van der Waals surface area contributed by atoms with Crippen molar-refractivity contribution in [3.05, 3.63) is 75.8 Å². The molecule has 0 fully saturated rings. The lowest BCUT2D eigenvalue weighted by Crippen LogP contribution is -2.21. The first kappa shape index (κ1) is 18.6. The number of esters is 1. The minimum Gasteiger partial charge on any atom is -0.456 e. The van der Waals surface area contributed by atoms with Crippen molar-refractivity contribution in [1.29, 1.82) is 0 Å². The Morgan fingerprint density at radius 3 is 2.52 bits per heavy atom. The van der Waals surface area contributed by atoms with E-state index in [2.05, 4.69) is 23.7 Å². The monoisotopic (exact) mass is 365 g/mol. The summed E-state index contributed by atoms with van der Waals surface area (Å²) in [6.45, 7) is 7.83. The van der Waals surface area contributed by atoms with Gasteiger partial charge in [0.05, 0.1) is 11.3 Å². The summed E-state index contributed by atoms with van der Waals surface area (Å²) in [5.41, 5.74) is 3.23. The summed E-state index contributed by atoms with van der Waals surface area (Å²) >= 11 is 0.